The van der Waals surface area contributed by atoms with Crippen molar-refractivity contribution in [1.82, 2.24) is 15.1 Å². The standard InChI is InChI=1S/C21H31N5.HI/c1-22-21(26-14-9-20(17-26)25-12-4-5-13-25)23-16-18-7-6-8-19(15-18)24-10-2-3-11-24;/h2-3,6-8,15,20H,4-5,9-14,16-17H2,1H3,(H,22,23);1H. The Morgan fingerprint density at radius 2 is 1.93 bits per heavy atom. The molecule has 27 heavy (non-hydrogen) atoms. The monoisotopic (exact) mass is 481 g/mol. The Morgan fingerprint density at radius 1 is 1.15 bits per heavy atom. The molecule has 1 atom stereocenters. The smallest absolute Gasteiger partial charge is 0.193 e. The minimum absolute atomic E-state index is 0. The fourth-order valence-corrected chi connectivity index (χ4v) is 4.40. The van der Waals surface area contributed by atoms with Gasteiger partial charge in [0.15, 0.2) is 5.96 Å². The van der Waals surface area contributed by atoms with Gasteiger partial charge in [0, 0.05) is 51.5 Å². The number of nitrogens with zero attached hydrogens (tertiary/aromatic N) is 4. The molecule has 6 heteroatoms. The molecule has 2 fully saturated rings. The van der Waals surface area contributed by atoms with Crippen LogP contribution >= 0.6 is 24.0 Å². The summed E-state index contributed by atoms with van der Waals surface area (Å²) in [6, 6.07) is 9.57. The molecular weight excluding hydrogens is 449 g/mol. The van der Waals surface area contributed by atoms with Gasteiger partial charge >= 0.3 is 0 Å². The molecular formula is C21H32IN5. The number of hydrogen-bond donors (Lipinski definition) is 1. The highest BCUT2D eigenvalue weighted by molar-refractivity contribution is 14.0. The molecule has 4 rings (SSSR count). The van der Waals surface area contributed by atoms with Gasteiger partial charge in [-0.3, -0.25) is 9.89 Å². The number of rotatable bonds is 4. The van der Waals surface area contributed by atoms with Crippen LogP contribution in [0.1, 0.15) is 24.8 Å². The first-order valence-corrected chi connectivity index (χ1v) is 10.0. The minimum Gasteiger partial charge on any atom is -0.364 e. The van der Waals surface area contributed by atoms with Gasteiger partial charge in [-0.25, -0.2) is 0 Å². The van der Waals surface area contributed by atoms with Gasteiger partial charge in [0.25, 0.3) is 0 Å². The van der Waals surface area contributed by atoms with Gasteiger partial charge in [-0.15, -0.1) is 24.0 Å². The van der Waals surface area contributed by atoms with Gasteiger partial charge in [-0.05, 0) is 50.0 Å². The maximum Gasteiger partial charge on any atom is 0.193 e. The summed E-state index contributed by atoms with van der Waals surface area (Å²) in [6.45, 7) is 7.64. The third-order valence-corrected chi connectivity index (χ3v) is 5.88. The van der Waals surface area contributed by atoms with Crippen molar-refractivity contribution in [1.29, 1.82) is 0 Å². The lowest BCUT2D eigenvalue weighted by Crippen LogP contribution is -2.42. The van der Waals surface area contributed by atoms with E-state index < -0.39 is 0 Å². The lowest BCUT2D eigenvalue weighted by molar-refractivity contribution is 0.249. The van der Waals surface area contributed by atoms with E-state index in [1.54, 1.807) is 0 Å². The molecule has 0 radical (unpaired) electrons. The van der Waals surface area contributed by atoms with Crippen molar-refractivity contribution >= 4 is 35.6 Å². The molecule has 2 saturated heterocycles. The number of anilines is 1. The predicted octanol–water partition coefficient (Wildman–Crippen LogP) is 2.93. The van der Waals surface area contributed by atoms with E-state index in [4.69, 9.17) is 0 Å². The molecule has 3 heterocycles. The van der Waals surface area contributed by atoms with Crippen LogP contribution in [-0.4, -0.2) is 68.1 Å². The summed E-state index contributed by atoms with van der Waals surface area (Å²) < 4.78 is 0. The Bertz CT molecular complexity index is 660. The van der Waals surface area contributed by atoms with Crippen LogP contribution in [0.25, 0.3) is 0 Å². The number of benzene rings is 1. The first kappa shape index (κ1) is 20.5. The quantitative estimate of drug-likeness (QED) is 0.311. The molecule has 3 aliphatic heterocycles. The molecule has 0 amide bonds. The summed E-state index contributed by atoms with van der Waals surface area (Å²) in [7, 11) is 1.90. The maximum atomic E-state index is 4.54. The summed E-state index contributed by atoms with van der Waals surface area (Å²) in [5.74, 6) is 1.04. The van der Waals surface area contributed by atoms with E-state index in [1.807, 2.05) is 7.05 Å². The van der Waals surface area contributed by atoms with E-state index in [-0.39, 0.29) is 24.0 Å². The van der Waals surface area contributed by atoms with Crippen LogP contribution < -0.4 is 10.2 Å². The van der Waals surface area contributed by atoms with Crippen LogP contribution in [0.15, 0.2) is 41.4 Å². The summed E-state index contributed by atoms with van der Waals surface area (Å²) in [6.07, 6.45) is 8.46. The summed E-state index contributed by atoms with van der Waals surface area (Å²) in [4.78, 5) is 12.0. The van der Waals surface area contributed by atoms with E-state index in [0.717, 1.165) is 38.7 Å². The fraction of sp³-hybridized carbons (Fsp3) is 0.571. The average Bonchev–Trinajstić information content (AvgIpc) is 3.43. The number of halogens is 1. The van der Waals surface area contributed by atoms with Gasteiger partial charge in [0.1, 0.15) is 0 Å². The molecule has 1 aromatic carbocycles. The Balaban J connectivity index is 0.00000210. The second kappa shape index (κ2) is 9.78. The minimum atomic E-state index is 0. The number of nitrogens with one attached hydrogen (secondary N) is 1. The van der Waals surface area contributed by atoms with Crippen LogP contribution in [-0.2, 0) is 6.54 Å². The van der Waals surface area contributed by atoms with Crippen molar-refractivity contribution in [2.45, 2.75) is 31.8 Å². The average molecular weight is 481 g/mol. The lowest BCUT2D eigenvalue weighted by atomic mass is 10.2. The normalized spacial score (nSPS) is 23.1. The molecule has 0 aromatic heterocycles. The number of aliphatic imine (C=N–C) groups is 1. The Labute approximate surface area is 180 Å². The highest BCUT2D eigenvalue weighted by Crippen LogP contribution is 2.21. The molecule has 0 spiro atoms. The topological polar surface area (TPSA) is 34.1 Å². The zero-order valence-electron chi connectivity index (χ0n) is 16.3. The Hall–Kier alpha value is -1.28. The van der Waals surface area contributed by atoms with Crippen LogP contribution in [0.2, 0.25) is 0 Å². The molecule has 148 valence electrons. The molecule has 1 unspecified atom stereocenters. The van der Waals surface area contributed by atoms with Crippen LogP contribution in [0, 0.1) is 0 Å². The van der Waals surface area contributed by atoms with E-state index in [2.05, 4.69) is 61.4 Å². The van der Waals surface area contributed by atoms with Gasteiger partial charge in [-0.1, -0.05) is 24.3 Å². The highest BCUT2D eigenvalue weighted by atomic mass is 127. The number of likely N-dealkylation sites (tertiary alicyclic amines) is 2. The SMILES string of the molecule is CN=C(NCc1cccc(N2CC=CC2)c1)N1CCC(N2CCCC2)C1.I. The Kier molecular flexibility index (Phi) is 7.41. The summed E-state index contributed by atoms with van der Waals surface area (Å²) in [5.41, 5.74) is 2.62. The van der Waals surface area contributed by atoms with Gasteiger partial charge < -0.3 is 15.1 Å². The van der Waals surface area contributed by atoms with Crippen LogP contribution in [0.5, 0.6) is 0 Å². The lowest BCUT2D eigenvalue weighted by Gasteiger charge is -2.25. The molecule has 1 N–H and O–H groups in total. The van der Waals surface area contributed by atoms with Gasteiger partial charge in [0.2, 0.25) is 0 Å². The predicted molar refractivity (Wildman–Crippen MR) is 124 cm³/mol. The third kappa shape index (κ3) is 4.96. The highest BCUT2D eigenvalue weighted by Gasteiger charge is 2.30. The van der Waals surface area contributed by atoms with Crippen molar-refractivity contribution < 1.29 is 0 Å². The Morgan fingerprint density at radius 3 is 2.67 bits per heavy atom. The first-order valence-electron chi connectivity index (χ1n) is 10.0. The largest absolute Gasteiger partial charge is 0.364 e. The van der Waals surface area contributed by atoms with Crippen molar-refractivity contribution in [3.05, 3.63) is 42.0 Å². The number of hydrogen-bond acceptors (Lipinski definition) is 3. The second-order valence-electron chi connectivity index (χ2n) is 7.58. The third-order valence-electron chi connectivity index (χ3n) is 5.88. The summed E-state index contributed by atoms with van der Waals surface area (Å²) >= 11 is 0. The second-order valence-corrected chi connectivity index (χ2v) is 7.58. The van der Waals surface area contributed by atoms with Crippen molar-refractivity contribution in [2.24, 2.45) is 4.99 Å². The summed E-state index contributed by atoms with van der Waals surface area (Å²) in [5, 5.41) is 3.58. The molecule has 3 aliphatic rings. The van der Waals surface area contributed by atoms with Crippen molar-refractivity contribution in [2.75, 3.05) is 51.2 Å². The fourth-order valence-electron chi connectivity index (χ4n) is 4.40. The molecule has 0 aliphatic carbocycles. The number of guanidine groups is 1. The van der Waals surface area contributed by atoms with Crippen molar-refractivity contribution in [3.8, 4) is 0 Å². The first-order chi connectivity index (χ1) is 12.8. The van der Waals surface area contributed by atoms with Crippen LogP contribution in [0.3, 0.4) is 0 Å². The van der Waals surface area contributed by atoms with Gasteiger partial charge in [-0.2, -0.15) is 0 Å². The molecule has 0 bridgehead atoms. The zero-order chi connectivity index (χ0) is 17.8. The van der Waals surface area contributed by atoms with Crippen molar-refractivity contribution in [3.63, 3.8) is 0 Å². The van der Waals surface area contributed by atoms with E-state index in [0.29, 0.717) is 6.04 Å². The van der Waals surface area contributed by atoms with Gasteiger partial charge in [0.05, 0.1) is 0 Å². The van der Waals surface area contributed by atoms with E-state index in [1.165, 1.54) is 43.6 Å². The van der Waals surface area contributed by atoms with Crippen LogP contribution in [0.4, 0.5) is 5.69 Å². The molecule has 0 saturated carbocycles. The molecule has 5 nitrogen and oxygen atoms in total. The van der Waals surface area contributed by atoms with E-state index >= 15 is 0 Å². The van der Waals surface area contributed by atoms with E-state index in [9.17, 15) is 0 Å². The maximum absolute atomic E-state index is 4.54. The zero-order valence-corrected chi connectivity index (χ0v) is 18.6. The molecule has 1 aromatic rings.